The van der Waals surface area contributed by atoms with Crippen LogP contribution in [-0.2, 0) is 0 Å². The fourth-order valence-electron chi connectivity index (χ4n) is 1.45. The number of nitro benzene ring substituents is 1. The number of rotatable bonds is 4. The van der Waals surface area contributed by atoms with E-state index in [1.165, 1.54) is 30.8 Å². The van der Waals surface area contributed by atoms with E-state index in [1.807, 2.05) is 0 Å². The molecule has 0 unspecified atom stereocenters. The number of carbonyl (C=O) groups excluding carboxylic acids is 1. The van der Waals surface area contributed by atoms with Crippen molar-refractivity contribution >= 4 is 23.2 Å². The van der Waals surface area contributed by atoms with Crippen molar-refractivity contribution < 1.29 is 9.72 Å². The average molecular weight is 275 g/mol. The number of ketones is 1. The minimum atomic E-state index is -0.525. The van der Waals surface area contributed by atoms with Crippen LogP contribution in [0.3, 0.4) is 0 Å². The molecule has 0 bridgehead atoms. The molecule has 6 nitrogen and oxygen atoms in total. The first-order valence-corrected chi connectivity index (χ1v) is 6.13. The lowest BCUT2D eigenvalue weighted by molar-refractivity contribution is -0.384. The molecule has 0 amide bonds. The number of non-ortho nitro benzene ring substituents is 1. The molecule has 0 saturated carbocycles. The Balaban J connectivity index is 2.40. The Kier molecular flexibility index (Phi) is 3.86. The summed E-state index contributed by atoms with van der Waals surface area (Å²) in [6.07, 6.45) is 4.66. The van der Waals surface area contributed by atoms with Gasteiger partial charge in [0.05, 0.1) is 11.1 Å². The Hall–Kier alpha value is -2.28. The second-order valence-electron chi connectivity index (χ2n) is 3.64. The molecule has 1 aromatic heterocycles. The van der Waals surface area contributed by atoms with Crippen molar-refractivity contribution in [2.75, 3.05) is 0 Å². The summed E-state index contributed by atoms with van der Waals surface area (Å²) < 4.78 is 0. The van der Waals surface area contributed by atoms with Crippen LogP contribution in [-0.4, -0.2) is 20.7 Å². The van der Waals surface area contributed by atoms with E-state index in [2.05, 4.69) is 9.97 Å². The molecule has 0 aliphatic carbocycles. The number of hydrogen-bond donors (Lipinski definition) is 0. The summed E-state index contributed by atoms with van der Waals surface area (Å²) in [4.78, 5) is 30.4. The zero-order valence-electron chi connectivity index (χ0n) is 9.94. The largest absolute Gasteiger partial charge is 0.294 e. The normalized spacial score (nSPS) is 10.2. The second kappa shape index (κ2) is 5.57. The molecule has 0 spiro atoms. The lowest BCUT2D eigenvalue weighted by Crippen LogP contribution is -1.98. The number of carbonyl (C=O) groups is 1. The van der Waals surface area contributed by atoms with Crippen molar-refractivity contribution in [3.8, 4) is 0 Å². The highest BCUT2D eigenvalue weighted by molar-refractivity contribution is 7.99. The van der Waals surface area contributed by atoms with Gasteiger partial charge in [0.15, 0.2) is 5.78 Å². The van der Waals surface area contributed by atoms with Crippen LogP contribution >= 0.6 is 11.8 Å². The molecular weight excluding hydrogens is 266 g/mol. The van der Waals surface area contributed by atoms with Gasteiger partial charge in [-0.05, 0) is 13.0 Å². The fraction of sp³-hybridized carbons (Fsp3) is 0.0833. The second-order valence-corrected chi connectivity index (χ2v) is 4.70. The van der Waals surface area contributed by atoms with Gasteiger partial charge in [0.25, 0.3) is 5.69 Å². The highest BCUT2D eigenvalue weighted by atomic mass is 32.2. The van der Waals surface area contributed by atoms with Gasteiger partial charge in [-0.25, -0.2) is 4.98 Å². The van der Waals surface area contributed by atoms with Crippen LogP contribution in [0, 0.1) is 10.1 Å². The quantitative estimate of drug-likeness (QED) is 0.484. The SMILES string of the molecule is CC(=O)c1cc([N+](=O)[O-])ccc1Sc1cnccn1. The predicted octanol–water partition coefficient (Wildman–Crippen LogP) is 2.74. The lowest BCUT2D eigenvalue weighted by Gasteiger charge is -2.05. The third kappa shape index (κ3) is 3.14. The van der Waals surface area contributed by atoms with Gasteiger partial charge in [-0.15, -0.1) is 0 Å². The summed E-state index contributed by atoms with van der Waals surface area (Å²) in [6, 6.07) is 4.19. The minimum Gasteiger partial charge on any atom is -0.294 e. The maximum Gasteiger partial charge on any atom is 0.270 e. The van der Waals surface area contributed by atoms with Crippen LogP contribution in [0.2, 0.25) is 0 Å². The van der Waals surface area contributed by atoms with Crippen LogP contribution in [0.15, 0.2) is 46.7 Å². The van der Waals surface area contributed by atoms with E-state index in [0.717, 1.165) is 0 Å². The van der Waals surface area contributed by atoms with E-state index in [0.29, 0.717) is 15.5 Å². The van der Waals surface area contributed by atoms with Crippen molar-refractivity contribution in [1.82, 2.24) is 9.97 Å². The Labute approximate surface area is 113 Å². The molecule has 19 heavy (non-hydrogen) atoms. The van der Waals surface area contributed by atoms with E-state index >= 15 is 0 Å². The molecule has 0 saturated heterocycles. The first-order chi connectivity index (χ1) is 9.08. The van der Waals surface area contributed by atoms with Gasteiger partial charge in [-0.2, -0.15) is 0 Å². The molecule has 0 aliphatic rings. The molecule has 0 radical (unpaired) electrons. The first-order valence-electron chi connectivity index (χ1n) is 5.31. The number of hydrogen-bond acceptors (Lipinski definition) is 6. The van der Waals surface area contributed by atoms with Crippen LogP contribution in [0.4, 0.5) is 5.69 Å². The monoisotopic (exact) mass is 275 g/mol. The van der Waals surface area contributed by atoms with E-state index in [1.54, 1.807) is 24.7 Å². The Bertz CT molecular complexity index is 631. The van der Waals surface area contributed by atoms with E-state index < -0.39 is 4.92 Å². The van der Waals surface area contributed by atoms with Gasteiger partial charge < -0.3 is 0 Å². The fourth-order valence-corrected chi connectivity index (χ4v) is 2.35. The van der Waals surface area contributed by atoms with E-state index in [-0.39, 0.29) is 11.5 Å². The van der Waals surface area contributed by atoms with E-state index in [4.69, 9.17) is 0 Å². The Morgan fingerprint density at radius 2 is 2.16 bits per heavy atom. The molecule has 1 heterocycles. The molecule has 0 aliphatic heterocycles. The topological polar surface area (TPSA) is 86.0 Å². The highest BCUT2D eigenvalue weighted by Crippen LogP contribution is 2.31. The highest BCUT2D eigenvalue weighted by Gasteiger charge is 2.15. The zero-order chi connectivity index (χ0) is 13.8. The van der Waals surface area contributed by atoms with E-state index in [9.17, 15) is 14.9 Å². The smallest absolute Gasteiger partial charge is 0.270 e. The third-order valence-corrected chi connectivity index (χ3v) is 3.30. The summed E-state index contributed by atoms with van der Waals surface area (Å²) in [6.45, 7) is 1.37. The Morgan fingerprint density at radius 1 is 1.37 bits per heavy atom. The van der Waals surface area contributed by atoms with Gasteiger partial charge in [0, 0.05) is 35.0 Å². The maximum absolute atomic E-state index is 11.6. The molecule has 0 atom stereocenters. The summed E-state index contributed by atoms with van der Waals surface area (Å²) in [5.41, 5.74) is 0.207. The van der Waals surface area contributed by atoms with Crippen LogP contribution in [0.5, 0.6) is 0 Å². The molecule has 0 fully saturated rings. The lowest BCUT2D eigenvalue weighted by atomic mass is 10.1. The molecule has 0 N–H and O–H groups in total. The number of aromatic nitrogens is 2. The maximum atomic E-state index is 11.6. The van der Waals surface area contributed by atoms with Gasteiger partial charge >= 0.3 is 0 Å². The van der Waals surface area contributed by atoms with Crippen molar-refractivity contribution in [2.45, 2.75) is 16.8 Å². The standard InChI is InChI=1S/C12H9N3O3S/c1-8(16)10-6-9(15(17)18)2-3-11(10)19-12-7-13-4-5-14-12/h2-7H,1H3. The van der Waals surface area contributed by atoms with Gasteiger partial charge in [0.1, 0.15) is 5.03 Å². The minimum absolute atomic E-state index is 0.103. The number of nitro groups is 1. The number of benzene rings is 1. The summed E-state index contributed by atoms with van der Waals surface area (Å²) in [7, 11) is 0. The van der Waals surface area contributed by atoms with Crippen molar-refractivity contribution in [3.63, 3.8) is 0 Å². The number of Topliss-reactive ketones (excluding diaryl/α,β-unsaturated/α-hetero) is 1. The first kappa shape index (κ1) is 13.2. The number of nitrogens with zero attached hydrogens (tertiary/aromatic N) is 3. The molecule has 96 valence electrons. The predicted molar refractivity (Wildman–Crippen MR) is 69.3 cm³/mol. The van der Waals surface area contributed by atoms with Crippen LogP contribution in [0.25, 0.3) is 0 Å². The van der Waals surface area contributed by atoms with Crippen molar-refractivity contribution in [3.05, 3.63) is 52.5 Å². The van der Waals surface area contributed by atoms with Gasteiger partial charge in [0.2, 0.25) is 0 Å². The molecular formula is C12H9N3O3S. The summed E-state index contributed by atoms with van der Waals surface area (Å²) >= 11 is 1.25. The average Bonchev–Trinajstić information content (AvgIpc) is 2.39. The zero-order valence-corrected chi connectivity index (χ0v) is 10.8. The molecule has 2 aromatic rings. The summed E-state index contributed by atoms with van der Waals surface area (Å²) in [5.74, 6) is -0.227. The van der Waals surface area contributed by atoms with Gasteiger partial charge in [-0.1, -0.05) is 11.8 Å². The molecule has 7 heteroatoms. The Morgan fingerprint density at radius 3 is 2.74 bits per heavy atom. The van der Waals surface area contributed by atoms with Gasteiger partial charge in [-0.3, -0.25) is 19.9 Å². The van der Waals surface area contributed by atoms with Crippen LogP contribution in [0.1, 0.15) is 17.3 Å². The van der Waals surface area contributed by atoms with Crippen molar-refractivity contribution in [1.29, 1.82) is 0 Å². The summed E-state index contributed by atoms with van der Waals surface area (Å²) in [5, 5.41) is 11.3. The third-order valence-electron chi connectivity index (χ3n) is 2.31. The molecule has 1 aromatic carbocycles. The van der Waals surface area contributed by atoms with Crippen molar-refractivity contribution in [2.24, 2.45) is 0 Å². The van der Waals surface area contributed by atoms with Crippen LogP contribution < -0.4 is 0 Å². The molecule has 2 rings (SSSR count).